The van der Waals surface area contributed by atoms with E-state index in [4.69, 9.17) is 5.73 Å². The Balaban J connectivity index is 2.15. The van der Waals surface area contributed by atoms with Gasteiger partial charge in [-0.2, -0.15) is 0 Å². The SMILES string of the molecule is Cc1nc(CC2CC2)nc(C)c1CC(C)CN. The first-order valence-corrected chi connectivity index (χ1v) is 6.63. The largest absolute Gasteiger partial charge is 0.330 e. The summed E-state index contributed by atoms with van der Waals surface area (Å²) < 4.78 is 0. The first-order chi connectivity index (χ1) is 8.10. The minimum atomic E-state index is 0.505. The second kappa shape index (κ2) is 5.13. The minimum absolute atomic E-state index is 0.505. The van der Waals surface area contributed by atoms with Gasteiger partial charge in [-0.05, 0) is 57.1 Å². The molecule has 1 aromatic rings. The van der Waals surface area contributed by atoms with E-state index in [0.717, 1.165) is 42.5 Å². The molecule has 1 aliphatic rings. The molecule has 17 heavy (non-hydrogen) atoms. The molecule has 1 fully saturated rings. The second-order valence-corrected chi connectivity index (χ2v) is 5.48. The van der Waals surface area contributed by atoms with Crippen LogP contribution in [0.3, 0.4) is 0 Å². The molecule has 1 heterocycles. The Morgan fingerprint density at radius 3 is 2.29 bits per heavy atom. The molecule has 0 aromatic carbocycles. The van der Waals surface area contributed by atoms with Gasteiger partial charge in [-0.15, -0.1) is 0 Å². The number of hydrogen-bond acceptors (Lipinski definition) is 3. The van der Waals surface area contributed by atoms with E-state index in [0.29, 0.717) is 5.92 Å². The summed E-state index contributed by atoms with van der Waals surface area (Å²) in [5.41, 5.74) is 9.27. The van der Waals surface area contributed by atoms with E-state index in [1.807, 2.05) is 0 Å². The van der Waals surface area contributed by atoms with Crippen LogP contribution in [0.15, 0.2) is 0 Å². The Hall–Kier alpha value is -0.960. The van der Waals surface area contributed by atoms with Crippen LogP contribution < -0.4 is 5.73 Å². The molecule has 0 spiro atoms. The number of aromatic nitrogens is 2. The van der Waals surface area contributed by atoms with Crippen molar-refractivity contribution in [1.29, 1.82) is 0 Å². The van der Waals surface area contributed by atoms with Gasteiger partial charge in [-0.3, -0.25) is 0 Å². The maximum absolute atomic E-state index is 5.68. The molecular weight excluding hydrogens is 210 g/mol. The number of hydrogen-bond donors (Lipinski definition) is 1. The highest BCUT2D eigenvalue weighted by Gasteiger charge is 2.23. The van der Waals surface area contributed by atoms with Crippen LogP contribution in [0.25, 0.3) is 0 Å². The molecule has 0 bridgehead atoms. The first-order valence-electron chi connectivity index (χ1n) is 6.63. The van der Waals surface area contributed by atoms with Crippen molar-refractivity contribution in [1.82, 2.24) is 9.97 Å². The highest BCUT2D eigenvalue weighted by molar-refractivity contribution is 5.25. The third kappa shape index (κ3) is 3.25. The van der Waals surface area contributed by atoms with E-state index >= 15 is 0 Å². The molecule has 1 aliphatic carbocycles. The fraction of sp³-hybridized carbons (Fsp3) is 0.714. The molecule has 2 N–H and O–H groups in total. The van der Waals surface area contributed by atoms with Crippen molar-refractivity contribution in [2.45, 2.75) is 46.5 Å². The van der Waals surface area contributed by atoms with Gasteiger partial charge in [0.1, 0.15) is 5.82 Å². The molecule has 0 radical (unpaired) electrons. The van der Waals surface area contributed by atoms with Crippen LogP contribution in [-0.2, 0) is 12.8 Å². The lowest BCUT2D eigenvalue weighted by atomic mass is 9.99. The highest BCUT2D eigenvalue weighted by atomic mass is 14.9. The lowest BCUT2D eigenvalue weighted by Crippen LogP contribution is -2.16. The first kappa shape index (κ1) is 12.5. The van der Waals surface area contributed by atoms with Gasteiger partial charge in [0, 0.05) is 17.8 Å². The zero-order valence-corrected chi connectivity index (χ0v) is 11.2. The molecule has 3 nitrogen and oxygen atoms in total. The van der Waals surface area contributed by atoms with Gasteiger partial charge in [0.05, 0.1) is 0 Å². The average molecular weight is 233 g/mol. The summed E-state index contributed by atoms with van der Waals surface area (Å²) >= 11 is 0. The van der Waals surface area contributed by atoms with E-state index < -0.39 is 0 Å². The maximum Gasteiger partial charge on any atom is 0.129 e. The zero-order chi connectivity index (χ0) is 12.4. The smallest absolute Gasteiger partial charge is 0.129 e. The van der Waals surface area contributed by atoms with Gasteiger partial charge < -0.3 is 5.73 Å². The van der Waals surface area contributed by atoms with Crippen LogP contribution in [0.4, 0.5) is 0 Å². The predicted octanol–water partition coefficient (Wildman–Crippen LogP) is 2.18. The average Bonchev–Trinajstić information content (AvgIpc) is 3.07. The molecule has 94 valence electrons. The number of aryl methyl sites for hydroxylation is 2. The van der Waals surface area contributed by atoms with Crippen molar-refractivity contribution in [3.8, 4) is 0 Å². The lowest BCUT2D eigenvalue weighted by Gasteiger charge is -2.14. The van der Waals surface area contributed by atoms with Crippen LogP contribution in [0.5, 0.6) is 0 Å². The Bertz CT molecular complexity index is 373. The molecule has 1 atom stereocenters. The van der Waals surface area contributed by atoms with Crippen molar-refractivity contribution in [3.05, 3.63) is 22.8 Å². The normalized spacial score (nSPS) is 17.2. The summed E-state index contributed by atoms with van der Waals surface area (Å²) in [6.07, 6.45) is 4.77. The Kier molecular flexibility index (Phi) is 3.77. The molecule has 0 saturated heterocycles. The third-order valence-corrected chi connectivity index (χ3v) is 3.59. The fourth-order valence-electron chi connectivity index (χ4n) is 2.21. The lowest BCUT2D eigenvalue weighted by molar-refractivity contribution is 0.583. The Morgan fingerprint density at radius 1 is 1.24 bits per heavy atom. The molecule has 2 rings (SSSR count). The maximum atomic E-state index is 5.68. The van der Waals surface area contributed by atoms with Crippen LogP contribution in [0.2, 0.25) is 0 Å². The molecule has 1 saturated carbocycles. The van der Waals surface area contributed by atoms with Gasteiger partial charge in [0.25, 0.3) is 0 Å². The Morgan fingerprint density at radius 2 is 1.82 bits per heavy atom. The standard InChI is InChI=1S/C14H23N3/c1-9(8-15)6-13-10(2)16-14(17-11(13)3)7-12-4-5-12/h9,12H,4-8,15H2,1-3H3. The van der Waals surface area contributed by atoms with Crippen molar-refractivity contribution in [2.24, 2.45) is 17.6 Å². The van der Waals surface area contributed by atoms with E-state index in [9.17, 15) is 0 Å². The highest BCUT2D eigenvalue weighted by Crippen LogP contribution is 2.32. The van der Waals surface area contributed by atoms with Gasteiger partial charge >= 0.3 is 0 Å². The van der Waals surface area contributed by atoms with Crippen molar-refractivity contribution >= 4 is 0 Å². The van der Waals surface area contributed by atoms with E-state index in [2.05, 4.69) is 30.7 Å². The predicted molar refractivity (Wildman–Crippen MR) is 69.9 cm³/mol. The van der Waals surface area contributed by atoms with E-state index in [-0.39, 0.29) is 0 Å². The van der Waals surface area contributed by atoms with Gasteiger partial charge in [-0.1, -0.05) is 6.92 Å². The van der Waals surface area contributed by atoms with Gasteiger partial charge in [0.15, 0.2) is 0 Å². The number of nitrogens with two attached hydrogens (primary N) is 1. The van der Waals surface area contributed by atoms with Crippen molar-refractivity contribution < 1.29 is 0 Å². The summed E-state index contributed by atoms with van der Waals surface area (Å²) in [7, 11) is 0. The zero-order valence-electron chi connectivity index (χ0n) is 11.2. The summed E-state index contributed by atoms with van der Waals surface area (Å²) in [6, 6.07) is 0. The quantitative estimate of drug-likeness (QED) is 0.848. The van der Waals surface area contributed by atoms with E-state index in [1.165, 1.54) is 18.4 Å². The third-order valence-electron chi connectivity index (χ3n) is 3.59. The van der Waals surface area contributed by atoms with Crippen LogP contribution in [0.1, 0.15) is 42.5 Å². The number of nitrogens with zero attached hydrogens (tertiary/aromatic N) is 2. The van der Waals surface area contributed by atoms with Crippen LogP contribution in [-0.4, -0.2) is 16.5 Å². The van der Waals surface area contributed by atoms with Gasteiger partial charge in [-0.25, -0.2) is 9.97 Å². The Labute approximate surface area is 104 Å². The molecule has 1 aromatic heterocycles. The summed E-state index contributed by atoms with van der Waals surface area (Å²) in [5, 5.41) is 0. The second-order valence-electron chi connectivity index (χ2n) is 5.48. The molecule has 1 unspecified atom stereocenters. The molecule has 0 aliphatic heterocycles. The topological polar surface area (TPSA) is 51.8 Å². The van der Waals surface area contributed by atoms with Crippen LogP contribution in [0, 0.1) is 25.7 Å². The monoisotopic (exact) mass is 233 g/mol. The van der Waals surface area contributed by atoms with Gasteiger partial charge in [0.2, 0.25) is 0 Å². The summed E-state index contributed by atoms with van der Waals surface area (Å²) in [5.74, 6) is 2.39. The molecular formula is C14H23N3. The minimum Gasteiger partial charge on any atom is -0.330 e. The molecule has 3 heteroatoms. The van der Waals surface area contributed by atoms with Crippen LogP contribution >= 0.6 is 0 Å². The van der Waals surface area contributed by atoms with Crippen molar-refractivity contribution in [2.75, 3.05) is 6.54 Å². The van der Waals surface area contributed by atoms with Crippen molar-refractivity contribution in [3.63, 3.8) is 0 Å². The summed E-state index contributed by atoms with van der Waals surface area (Å²) in [6.45, 7) is 7.10. The molecule has 0 amide bonds. The summed E-state index contributed by atoms with van der Waals surface area (Å²) in [4.78, 5) is 9.30. The van der Waals surface area contributed by atoms with E-state index in [1.54, 1.807) is 0 Å². The fourth-order valence-corrected chi connectivity index (χ4v) is 2.21. The number of rotatable bonds is 5.